The molecule has 3 rings (SSSR count). The van der Waals surface area contributed by atoms with E-state index in [9.17, 15) is 27.9 Å². The Balaban J connectivity index is 2.23. The Labute approximate surface area is 178 Å². The first kappa shape index (κ1) is 22.3. The standard InChI is InChI=1S/C19H16ClF3N4O4/c1-3-13(18(29)30)26-8-15(31-2)12(7-17(26)28)11-6-10(20)4-5-14(11)27-9-16(24-25-27)19(21,22)23/h4-9,13H,3H2,1-2H3,(H,29,30). The summed E-state index contributed by atoms with van der Waals surface area (Å²) < 4.78 is 46.1. The van der Waals surface area contributed by atoms with Gasteiger partial charge in [0.25, 0.3) is 5.56 Å². The molecule has 0 aliphatic carbocycles. The van der Waals surface area contributed by atoms with Crippen molar-refractivity contribution in [2.45, 2.75) is 25.6 Å². The van der Waals surface area contributed by atoms with Gasteiger partial charge < -0.3 is 9.84 Å². The zero-order valence-electron chi connectivity index (χ0n) is 16.2. The van der Waals surface area contributed by atoms with Crippen molar-refractivity contribution < 1.29 is 27.8 Å². The summed E-state index contributed by atoms with van der Waals surface area (Å²) in [4.78, 5) is 24.2. The predicted molar refractivity (Wildman–Crippen MR) is 105 cm³/mol. The number of rotatable bonds is 6. The van der Waals surface area contributed by atoms with Gasteiger partial charge in [-0.3, -0.25) is 9.36 Å². The fourth-order valence-corrected chi connectivity index (χ4v) is 3.24. The summed E-state index contributed by atoms with van der Waals surface area (Å²) in [6, 6.07) is 4.33. The van der Waals surface area contributed by atoms with E-state index in [4.69, 9.17) is 16.3 Å². The molecule has 0 aliphatic rings. The number of carbonyl (C=O) groups is 1. The number of ether oxygens (including phenoxy) is 1. The number of hydrogen-bond donors (Lipinski definition) is 1. The Hall–Kier alpha value is -3.34. The molecule has 0 saturated heterocycles. The third-order valence-electron chi connectivity index (χ3n) is 4.55. The van der Waals surface area contributed by atoms with Gasteiger partial charge in [0.1, 0.15) is 11.8 Å². The molecule has 0 fully saturated rings. The number of aliphatic carboxylic acids is 1. The fraction of sp³-hybridized carbons (Fsp3) is 0.263. The molecule has 12 heteroatoms. The number of methoxy groups -OCH3 is 1. The lowest BCUT2D eigenvalue weighted by Crippen LogP contribution is -2.29. The molecule has 0 radical (unpaired) electrons. The maximum atomic E-state index is 12.9. The molecule has 2 heterocycles. The zero-order valence-corrected chi connectivity index (χ0v) is 17.0. The third kappa shape index (κ3) is 4.41. The van der Waals surface area contributed by atoms with E-state index >= 15 is 0 Å². The second-order valence-corrected chi connectivity index (χ2v) is 6.91. The van der Waals surface area contributed by atoms with E-state index in [1.807, 2.05) is 0 Å². The van der Waals surface area contributed by atoms with Crippen LogP contribution in [0.25, 0.3) is 16.8 Å². The fourth-order valence-electron chi connectivity index (χ4n) is 3.07. The van der Waals surface area contributed by atoms with Crippen LogP contribution in [0, 0.1) is 0 Å². The van der Waals surface area contributed by atoms with Crippen LogP contribution in [-0.4, -0.2) is 37.7 Å². The summed E-state index contributed by atoms with van der Waals surface area (Å²) in [6.07, 6.45) is -2.58. The molecular weight excluding hydrogens is 441 g/mol. The van der Waals surface area contributed by atoms with Crippen molar-refractivity contribution in [1.82, 2.24) is 19.6 Å². The zero-order chi connectivity index (χ0) is 22.9. The molecule has 0 bridgehead atoms. The number of aromatic nitrogens is 4. The first-order valence-corrected chi connectivity index (χ1v) is 9.27. The van der Waals surface area contributed by atoms with Crippen molar-refractivity contribution in [3.05, 3.63) is 57.7 Å². The van der Waals surface area contributed by atoms with Crippen LogP contribution in [0.3, 0.4) is 0 Å². The summed E-state index contributed by atoms with van der Waals surface area (Å²) in [5.74, 6) is -1.07. The van der Waals surface area contributed by atoms with Gasteiger partial charge >= 0.3 is 12.1 Å². The highest BCUT2D eigenvalue weighted by molar-refractivity contribution is 6.31. The van der Waals surface area contributed by atoms with Crippen LogP contribution in [0.2, 0.25) is 5.02 Å². The summed E-state index contributed by atoms with van der Waals surface area (Å²) in [7, 11) is 1.32. The molecule has 1 N–H and O–H groups in total. The summed E-state index contributed by atoms with van der Waals surface area (Å²) >= 11 is 6.09. The van der Waals surface area contributed by atoms with E-state index in [0.717, 1.165) is 15.3 Å². The van der Waals surface area contributed by atoms with E-state index in [-0.39, 0.29) is 34.0 Å². The van der Waals surface area contributed by atoms with Crippen molar-refractivity contribution in [3.8, 4) is 22.6 Å². The van der Waals surface area contributed by atoms with Gasteiger partial charge in [-0.15, -0.1) is 5.10 Å². The van der Waals surface area contributed by atoms with Gasteiger partial charge in [0.05, 0.1) is 25.2 Å². The van der Waals surface area contributed by atoms with Gasteiger partial charge in [0.15, 0.2) is 5.69 Å². The Morgan fingerprint density at radius 3 is 2.52 bits per heavy atom. The summed E-state index contributed by atoms with van der Waals surface area (Å²) in [5.41, 5.74) is -1.22. The highest BCUT2D eigenvalue weighted by Crippen LogP contribution is 2.36. The number of alkyl halides is 3. The van der Waals surface area contributed by atoms with E-state index in [0.29, 0.717) is 6.20 Å². The number of halogens is 4. The monoisotopic (exact) mass is 456 g/mol. The topological polar surface area (TPSA) is 99.2 Å². The van der Waals surface area contributed by atoms with Crippen LogP contribution in [0.1, 0.15) is 25.1 Å². The van der Waals surface area contributed by atoms with E-state index in [1.54, 1.807) is 6.92 Å². The van der Waals surface area contributed by atoms with Crippen molar-refractivity contribution in [1.29, 1.82) is 0 Å². The minimum Gasteiger partial charge on any atom is -0.495 e. The maximum absolute atomic E-state index is 12.9. The van der Waals surface area contributed by atoms with Crippen LogP contribution in [-0.2, 0) is 11.0 Å². The minimum absolute atomic E-state index is 0.124. The molecule has 0 amide bonds. The molecule has 1 aromatic carbocycles. The second kappa shape index (κ2) is 8.42. The number of benzene rings is 1. The van der Waals surface area contributed by atoms with Gasteiger partial charge in [0, 0.05) is 22.2 Å². The molecule has 31 heavy (non-hydrogen) atoms. The van der Waals surface area contributed by atoms with Crippen molar-refractivity contribution in [2.24, 2.45) is 0 Å². The van der Waals surface area contributed by atoms with Crippen LogP contribution >= 0.6 is 11.6 Å². The summed E-state index contributed by atoms with van der Waals surface area (Å²) in [6.45, 7) is 1.61. The highest BCUT2D eigenvalue weighted by Gasteiger charge is 2.35. The minimum atomic E-state index is -4.69. The van der Waals surface area contributed by atoms with E-state index in [1.165, 1.54) is 31.5 Å². The molecule has 3 aromatic rings. The molecule has 0 spiro atoms. The lowest BCUT2D eigenvalue weighted by Gasteiger charge is -2.18. The Morgan fingerprint density at radius 1 is 1.26 bits per heavy atom. The molecule has 8 nitrogen and oxygen atoms in total. The number of nitrogens with zero attached hydrogens (tertiary/aromatic N) is 4. The molecule has 1 atom stereocenters. The van der Waals surface area contributed by atoms with Crippen LogP contribution in [0.15, 0.2) is 41.5 Å². The quantitative estimate of drug-likeness (QED) is 0.605. The van der Waals surface area contributed by atoms with E-state index < -0.39 is 29.4 Å². The van der Waals surface area contributed by atoms with Crippen molar-refractivity contribution in [3.63, 3.8) is 0 Å². The van der Waals surface area contributed by atoms with Crippen molar-refractivity contribution >= 4 is 17.6 Å². The number of carboxylic acids is 1. The van der Waals surface area contributed by atoms with Gasteiger partial charge in [-0.2, -0.15) is 13.2 Å². The van der Waals surface area contributed by atoms with Crippen molar-refractivity contribution in [2.75, 3.05) is 7.11 Å². The smallest absolute Gasteiger partial charge is 0.436 e. The molecule has 2 aromatic heterocycles. The Kier molecular flexibility index (Phi) is 6.07. The van der Waals surface area contributed by atoms with Gasteiger partial charge in [-0.1, -0.05) is 23.7 Å². The average molecular weight is 457 g/mol. The van der Waals surface area contributed by atoms with Gasteiger partial charge in [-0.25, -0.2) is 9.48 Å². The highest BCUT2D eigenvalue weighted by atomic mass is 35.5. The van der Waals surface area contributed by atoms with E-state index in [2.05, 4.69) is 10.3 Å². The second-order valence-electron chi connectivity index (χ2n) is 6.47. The predicted octanol–water partition coefficient (Wildman–Crippen LogP) is 3.81. The Bertz CT molecular complexity index is 1190. The molecule has 1 unspecified atom stereocenters. The van der Waals surface area contributed by atoms with Crippen LogP contribution in [0.5, 0.6) is 5.75 Å². The first-order valence-electron chi connectivity index (χ1n) is 8.89. The number of carboxylic acid groups (broad SMARTS) is 1. The lowest BCUT2D eigenvalue weighted by molar-refractivity contribution is -0.142. The SMILES string of the molecule is CCC(C(=O)O)n1cc(OC)c(-c2cc(Cl)ccc2-n2cc(C(F)(F)F)nn2)cc1=O. The largest absolute Gasteiger partial charge is 0.495 e. The van der Waals surface area contributed by atoms with Gasteiger partial charge in [-0.05, 0) is 24.6 Å². The molecule has 164 valence electrons. The molecule has 0 aliphatic heterocycles. The molecule has 0 saturated carbocycles. The van der Waals surface area contributed by atoms with Crippen LogP contribution in [0.4, 0.5) is 13.2 Å². The Morgan fingerprint density at radius 2 is 1.97 bits per heavy atom. The maximum Gasteiger partial charge on any atom is 0.436 e. The number of pyridine rings is 1. The summed E-state index contributed by atoms with van der Waals surface area (Å²) in [5, 5.41) is 16.3. The average Bonchev–Trinajstić information content (AvgIpc) is 3.19. The normalized spacial score (nSPS) is 12.6. The van der Waals surface area contributed by atoms with Gasteiger partial charge in [0.2, 0.25) is 0 Å². The number of hydrogen-bond acceptors (Lipinski definition) is 5. The molecular formula is C19H16ClF3N4O4. The van der Waals surface area contributed by atoms with Crippen LogP contribution < -0.4 is 10.3 Å². The first-order chi connectivity index (χ1) is 14.6. The third-order valence-corrected chi connectivity index (χ3v) is 4.79. The lowest BCUT2D eigenvalue weighted by atomic mass is 10.0.